The van der Waals surface area contributed by atoms with Crippen molar-refractivity contribution in [2.75, 3.05) is 38.3 Å². The summed E-state index contributed by atoms with van der Waals surface area (Å²) >= 11 is 0. The Kier molecular flexibility index (Phi) is 5.70. The Morgan fingerprint density at radius 2 is 1.73 bits per heavy atom. The van der Waals surface area contributed by atoms with Gasteiger partial charge in [0.25, 0.3) is 5.91 Å². The number of fused-ring (bicyclic) bond motifs is 1. The fourth-order valence-corrected chi connectivity index (χ4v) is 4.09. The van der Waals surface area contributed by atoms with E-state index in [4.69, 9.17) is 9.47 Å². The molecule has 1 fully saturated rings. The average molecular weight is 447 g/mol. The van der Waals surface area contributed by atoms with Gasteiger partial charge >= 0.3 is 0 Å². The molecule has 0 atom stereocenters. The van der Waals surface area contributed by atoms with Crippen LogP contribution in [0.15, 0.2) is 54.6 Å². The zero-order valence-corrected chi connectivity index (χ0v) is 18.4. The predicted molar refractivity (Wildman–Crippen MR) is 122 cm³/mol. The molecule has 0 saturated carbocycles. The molecule has 33 heavy (non-hydrogen) atoms. The standard InChI is InChI=1S/C24H25N5O4/c1-17(30)25-23-14-20(26-29(23)19-5-3-2-4-6-19)24(31)28-11-9-27(10-12-28)15-18-7-8-21-22(13-18)33-16-32-21/h2-8,13-14H,9-12,15-16H2,1H3,(H,25,30). The quantitative estimate of drug-likeness (QED) is 0.647. The van der Waals surface area contributed by atoms with Crippen molar-refractivity contribution in [1.82, 2.24) is 19.6 Å². The number of aromatic nitrogens is 2. The van der Waals surface area contributed by atoms with E-state index in [1.165, 1.54) is 6.92 Å². The summed E-state index contributed by atoms with van der Waals surface area (Å²) in [4.78, 5) is 28.9. The molecule has 170 valence electrons. The number of benzene rings is 2. The molecule has 0 unspecified atom stereocenters. The highest BCUT2D eigenvalue weighted by molar-refractivity contribution is 5.95. The monoisotopic (exact) mass is 447 g/mol. The van der Waals surface area contributed by atoms with E-state index >= 15 is 0 Å². The topological polar surface area (TPSA) is 88.9 Å². The van der Waals surface area contributed by atoms with Gasteiger partial charge < -0.3 is 19.7 Å². The molecule has 0 aliphatic carbocycles. The summed E-state index contributed by atoms with van der Waals surface area (Å²) in [6, 6.07) is 17.1. The lowest BCUT2D eigenvalue weighted by molar-refractivity contribution is -0.114. The van der Waals surface area contributed by atoms with Crippen LogP contribution in [-0.2, 0) is 11.3 Å². The molecule has 0 radical (unpaired) electrons. The Labute approximate surface area is 191 Å². The lowest BCUT2D eigenvalue weighted by atomic mass is 10.1. The number of ether oxygens (including phenoxy) is 2. The first-order valence-corrected chi connectivity index (χ1v) is 10.9. The number of carbonyl (C=O) groups excluding carboxylic acids is 2. The number of hydrogen-bond donors (Lipinski definition) is 1. The van der Waals surface area contributed by atoms with Gasteiger partial charge in [0.05, 0.1) is 5.69 Å². The van der Waals surface area contributed by atoms with E-state index in [-0.39, 0.29) is 18.6 Å². The summed E-state index contributed by atoms with van der Waals surface area (Å²) in [7, 11) is 0. The number of anilines is 1. The largest absolute Gasteiger partial charge is 0.454 e. The van der Waals surface area contributed by atoms with Gasteiger partial charge in [-0.25, -0.2) is 4.68 Å². The molecule has 3 aromatic rings. The van der Waals surface area contributed by atoms with Crippen LogP contribution in [0.3, 0.4) is 0 Å². The van der Waals surface area contributed by atoms with Gasteiger partial charge in [-0.3, -0.25) is 14.5 Å². The minimum Gasteiger partial charge on any atom is -0.454 e. The van der Waals surface area contributed by atoms with E-state index in [2.05, 4.69) is 15.3 Å². The zero-order valence-electron chi connectivity index (χ0n) is 18.4. The Balaban J connectivity index is 1.25. The number of para-hydroxylation sites is 1. The second-order valence-corrected chi connectivity index (χ2v) is 8.10. The normalized spacial score (nSPS) is 15.5. The average Bonchev–Trinajstić information content (AvgIpc) is 3.46. The van der Waals surface area contributed by atoms with Crippen LogP contribution < -0.4 is 14.8 Å². The molecule has 5 rings (SSSR count). The molecular weight excluding hydrogens is 422 g/mol. The molecule has 9 heteroatoms. The fourth-order valence-electron chi connectivity index (χ4n) is 4.09. The van der Waals surface area contributed by atoms with Crippen LogP contribution in [0.2, 0.25) is 0 Å². The minimum absolute atomic E-state index is 0.140. The third-order valence-electron chi connectivity index (χ3n) is 5.74. The van der Waals surface area contributed by atoms with Crippen molar-refractivity contribution in [3.8, 4) is 17.2 Å². The number of amides is 2. The predicted octanol–water partition coefficient (Wildman–Crippen LogP) is 2.52. The number of nitrogens with zero attached hydrogens (tertiary/aromatic N) is 4. The maximum Gasteiger partial charge on any atom is 0.274 e. The van der Waals surface area contributed by atoms with Crippen LogP contribution in [-0.4, -0.2) is 64.4 Å². The Morgan fingerprint density at radius 3 is 2.48 bits per heavy atom. The minimum atomic E-state index is -0.219. The van der Waals surface area contributed by atoms with Crippen molar-refractivity contribution < 1.29 is 19.1 Å². The maximum absolute atomic E-state index is 13.2. The molecule has 1 saturated heterocycles. The van der Waals surface area contributed by atoms with E-state index in [9.17, 15) is 9.59 Å². The molecule has 3 heterocycles. The van der Waals surface area contributed by atoms with Gasteiger partial charge in [-0.05, 0) is 29.8 Å². The van der Waals surface area contributed by atoms with Gasteiger partial charge in [-0.15, -0.1) is 0 Å². The molecular formula is C24H25N5O4. The molecule has 1 aromatic heterocycles. The molecule has 2 aromatic carbocycles. The molecule has 0 bridgehead atoms. The summed E-state index contributed by atoms with van der Waals surface area (Å²) in [5.41, 5.74) is 2.24. The summed E-state index contributed by atoms with van der Waals surface area (Å²) in [6.07, 6.45) is 0. The lowest BCUT2D eigenvalue weighted by Crippen LogP contribution is -2.48. The van der Waals surface area contributed by atoms with Crippen LogP contribution in [0.1, 0.15) is 23.0 Å². The third kappa shape index (κ3) is 4.54. The van der Waals surface area contributed by atoms with Crippen LogP contribution in [0.25, 0.3) is 5.69 Å². The highest BCUT2D eigenvalue weighted by Gasteiger charge is 2.26. The fraction of sp³-hybridized carbons (Fsp3) is 0.292. The third-order valence-corrected chi connectivity index (χ3v) is 5.74. The first kappa shape index (κ1) is 21.0. The van der Waals surface area contributed by atoms with E-state index in [1.807, 2.05) is 53.4 Å². The first-order chi connectivity index (χ1) is 16.1. The highest BCUT2D eigenvalue weighted by atomic mass is 16.7. The van der Waals surface area contributed by atoms with E-state index in [1.54, 1.807) is 10.7 Å². The number of hydrogen-bond acceptors (Lipinski definition) is 6. The van der Waals surface area contributed by atoms with Gasteiger partial charge in [0, 0.05) is 45.7 Å². The van der Waals surface area contributed by atoms with Crippen LogP contribution in [0.5, 0.6) is 11.5 Å². The van der Waals surface area contributed by atoms with E-state index < -0.39 is 0 Å². The highest BCUT2D eigenvalue weighted by Crippen LogP contribution is 2.33. The molecule has 2 aliphatic rings. The van der Waals surface area contributed by atoms with Crippen LogP contribution >= 0.6 is 0 Å². The van der Waals surface area contributed by atoms with Gasteiger partial charge in [-0.2, -0.15) is 5.10 Å². The van der Waals surface area contributed by atoms with Crippen LogP contribution in [0.4, 0.5) is 5.82 Å². The lowest BCUT2D eigenvalue weighted by Gasteiger charge is -2.34. The number of nitrogens with one attached hydrogen (secondary N) is 1. The van der Waals surface area contributed by atoms with Crippen LogP contribution in [0, 0.1) is 0 Å². The zero-order chi connectivity index (χ0) is 22.8. The van der Waals surface area contributed by atoms with Gasteiger partial charge in [-0.1, -0.05) is 24.3 Å². The number of rotatable bonds is 5. The molecule has 2 amide bonds. The number of piperazine rings is 1. The smallest absolute Gasteiger partial charge is 0.274 e. The van der Waals surface area contributed by atoms with E-state index in [0.29, 0.717) is 24.6 Å². The van der Waals surface area contributed by atoms with Crippen molar-refractivity contribution in [2.45, 2.75) is 13.5 Å². The van der Waals surface area contributed by atoms with Crippen molar-refractivity contribution in [1.29, 1.82) is 0 Å². The summed E-state index contributed by atoms with van der Waals surface area (Å²) in [6.45, 7) is 5.23. The van der Waals surface area contributed by atoms with Crippen molar-refractivity contribution in [2.24, 2.45) is 0 Å². The van der Waals surface area contributed by atoms with Crippen molar-refractivity contribution >= 4 is 17.6 Å². The molecule has 0 spiro atoms. The maximum atomic E-state index is 13.2. The Bertz CT molecular complexity index is 1170. The SMILES string of the molecule is CC(=O)Nc1cc(C(=O)N2CCN(Cc3ccc4c(c3)OCO4)CC2)nn1-c1ccccc1. The van der Waals surface area contributed by atoms with Crippen molar-refractivity contribution in [3.05, 3.63) is 65.9 Å². The molecule has 2 aliphatic heterocycles. The Hall–Kier alpha value is -3.85. The molecule has 1 N–H and O–H groups in total. The summed E-state index contributed by atoms with van der Waals surface area (Å²) < 4.78 is 12.4. The van der Waals surface area contributed by atoms with Gasteiger partial charge in [0.2, 0.25) is 12.7 Å². The summed E-state index contributed by atoms with van der Waals surface area (Å²) in [5, 5.41) is 7.27. The second-order valence-electron chi connectivity index (χ2n) is 8.10. The summed E-state index contributed by atoms with van der Waals surface area (Å²) in [5.74, 6) is 1.67. The second kappa shape index (κ2) is 8.95. The van der Waals surface area contributed by atoms with Gasteiger partial charge in [0.1, 0.15) is 5.82 Å². The van der Waals surface area contributed by atoms with Gasteiger partial charge in [0.15, 0.2) is 17.2 Å². The van der Waals surface area contributed by atoms with Crippen molar-refractivity contribution in [3.63, 3.8) is 0 Å². The number of carbonyl (C=O) groups is 2. The first-order valence-electron chi connectivity index (χ1n) is 10.9. The Morgan fingerprint density at radius 1 is 0.970 bits per heavy atom. The van der Waals surface area contributed by atoms with E-state index in [0.717, 1.165) is 42.4 Å². The molecule has 9 nitrogen and oxygen atoms in total.